The zero-order valence-electron chi connectivity index (χ0n) is 12.6. The van der Waals surface area contributed by atoms with E-state index in [0.29, 0.717) is 5.69 Å². The van der Waals surface area contributed by atoms with Crippen molar-refractivity contribution in [3.05, 3.63) is 62.8 Å². The van der Waals surface area contributed by atoms with E-state index >= 15 is 0 Å². The van der Waals surface area contributed by atoms with Gasteiger partial charge in [-0.25, -0.2) is 4.98 Å². The Morgan fingerprint density at radius 1 is 1.35 bits per heavy atom. The van der Waals surface area contributed by atoms with Crippen LogP contribution in [0.2, 0.25) is 5.02 Å². The molecule has 0 saturated heterocycles. The first-order valence-corrected chi connectivity index (χ1v) is 7.11. The number of carbonyl (C=O) groups excluding carboxylic acids is 1. The number of nitrogens with one attached hydrogen (secondary N) is 1. The number of hydrogen-bond donors (Lipinski definition) is 1. The van der Waals surface area contributed by atoms with Crippen LogP contribution in [0.15, 0.2) is 36.4 Å². The number of halogens is 1. The van der Waals surface area contributed by atoms with Crippen molar-refractivity contribution in [2.75, 3.05) is 19.0 Å². The van der Waals surface area contributed by atoms with E-state index in [9.17, 15) is 14.9 Å². The molecule has 0 bridgehead atoms. The minimum atomic E-state index is -0.597. The van der Waals surface area contributed by atoms with Gasteiger partial charge in [-0.15, -0.1) is 0 Å². The predicted molar refractivity (Wildman–Crippen MR) is 87.8 cm³/mol. The number of benzene rings is 1. The molecule has 2 aromatic rings. The molecule has 1 amide bonds. The lowest BCUT2D eigenvalue weighted by atomic mass is 10.2. The van der Waals surface area contributed by atoms with Crippen LogP contribution in [-0.4, -0.2) is 29.9 Å². The van der Waals surface area contributed by atoms with E-state index in [2.05, 4.69) is 10.3 Å². The van der Waals surface area contributed by atoms with E-state index in [4.69, 9.17) is 11.6 Å². The summed E-state index contributed by atoms with van der Waals surface area (Å²) in [6, 6.07) is 9.37. The first-order chi connectivity index (χ1) is 10.9. The second-order valence-corrected chi connectivity index (χ2v) is 5.39. The molecular weight excluding hydrogens is 320 g/mol. The van der Waals surface area contributed by atoms with Crippen LogP contribution in [0.1, 0.15) is 16.1 Å². The molecule has 120 valence electrons. The lowest BCUT2D eigenvalue weighted by Crippen LogP contribution is -2.23. The van der Waals surface area contributed by atoms with Gasteiger partial charge in [-0.2, -0.15) is 0 Å². The van der Waals surface area contributed by atoms with Crippen molar-refractivity contribution >= 4 is 29.0 Å². The highest BCUT2D eigenvalue weighted by molar-refractivity contribution is 6.33. The summed E-state index contributed by atoms with van der Waals surface area (Å²) in [4.78, 5) is 28.5. The first-order valence-electron chi connectivity index (χ1n) is 6.74. The summed E-state index contributed by atoms with van der Waals surface area (Å²) in [5, 5.41) is 13.3. The van der Waals surface area contributed by atoms with Crippen molar-refractivity contribution in [3.8, 4) is 0 Å². The molecule has 0 aliphatic rings. The minimum absolute atomic E-state index is 0.0737. The monoisotopic (exact) mass is 334 g/mol. The number of carbonyl (C=O) groups is 1. The summed E-state index contributed by atoms with van der Waals surface area (Å²) in [7, 11) is 3.76. The van der Waals surface area contributed by atoms with E-state index in [0.717, 1.165) is 5.82 Å². The van der Waals surface area contributed by atoms with E-state index in [1.807, 2.05) is 31.1 Å². The van der Waals surface area contributed by atoms with Crippen molar-refractivity contribution in [2.45, 2.75) is 6.54 Å². The van der Waals surface area contributed by atoms with Crippen molar-refractivity contribution in [3.63, 3.8) is 0 Å². The summed E-state index contributed by atoms with van der Waals surface area (Å²) in [5.41, 5.74) is 0.727. The van der Waals surface area contributed by atoms with Crippen molar-refractivity contribution < 1.29 is 9.72 Å². The number of amides is 1. The Bertz CT molecular complexity index is 749. The number of aromatic nitrogens is 1. The molecule has 2 rings (SSSR count). The Balaban J connectivity index is 2.06. The molecule has 0 aliphatic heterocycles. The van der Waals surface area contributed by atoms with Gasteiger partial charge in [0.2, 0.25) is 0 Å². The topological polar surface area (TPSA) is 88.4 Å². The fourth-order valence-electron chi connectivity index (χ4n) is 1.88. The third-order valence-corrected chi connectivity index (χ3v) is 3.39. The molecule has 0 radical (unpaired) electrons. The Hall–Kier alpha value is -2.67. The third kappa shape index (κ3) is 4.17. The molecule has 1 heterocycles. The Morgan fingerprint density at radius 3 is 2.70 bits per heavy atom. The van der Waals surface area contributed by atoms with Gasteiger partial charge in [0.1, 0.15) is 10.8 Å². The molecule has 0 atom stereocenters. The molecule has 1 N–H and O–H groups in total. The summed E-state index contributed by atoms with van der Waals surface area (Å²) >= 11 is 5.80. The van der Waals surface area contributed by atoms with Crippen molar-refractivity contribution in [1.82, 2.24) is 10.3 Å². The molecule has 0 spiro atoms. The maximum absolute atomic E-state index is 12.1. The second-order valence-electron chi connectivity index (χ2n) is 4.99. The predicted octanol–water partition coefficient (Wildman–Crippen LogP) is 2.64. The number of rotatable bonds is 5. The van der Waals surface area contributed by atoms with Crippen LogP contribution >= 0.6 is 11.6 Å². The Morgan fingerprint density at radius 2 is 2.09 bits per heavy atom. The minimum Gasteiger partial charge on any atom is -0.363 e. The van der Waals surface area contributed by atoms with Gasteiger partial charge in [-0.05, 0) is 24.3 Å². The molecule has 23 heavy (non-hydrogen) atoms. The zero-order valence-corrected chi connectivity index (χ0v) is 13.4. The fourth-order valence-corrected chi connectivity index (χ4v) is 2.13. The number of nitro benzene ring substituents is 1. The van der Waals surface area contributed by atoms with Gasteiger partial charge in [-0.1, -0.05) is 17.7 Å². The van der Waals surface area contributed by atoms with E-state index in [-0.39, 0.29) is 28.7 Å². The number of pyridine rings is 1. The highest BCUT2D eigenvalue weighted by atomic mass is 35.5. The third-order valence-electron chi connectivity index (χ3n) is 3.09. The highest BCUT2D eigenvalue weighted by Gasteiger charge is 2.15. The molecule has 0 saturated carbocycles. The standard InChI is InChI=1S/C15H15ClN4O3/c1-19(2)14-5-3-4-11(18-14)9-17-15(21)10-6-7-13(20(22)23)12(16)8-10/h3-8H,9H2,1-2H3,(H,17,21). The normalized spacial score (nSPS) is 10.2. The molecule has 1 aromatic heterocycles. The quantitative estimate of drug-likeness (QED) is 0.670. The molecular formula is C15H15ClN4O3. The number of anilines is 1. The van der Waals surface area contributed by atoms with Crippen molar-refractivity contribution in [2.24, 2.45) is 0 Å². The van der Waals surface area contributed by atoms with Gasteiger partial charge < -0.3 is 10.2 Å². The van der Waals surface area contributed by atoms with Crippen LogP contribution in [-0.2, 0) is 6.54 Å². The Labute approximate surface area is 138 Å². The lowest BCUT2D eigenvalue weighted by molar-refractivity contribution is -0.384. The number of nitrogens with zero attached hydrogens (tertiary/aromatic N) is 3. The van der Waals surface area contributed by atoms with E-state index in [1.54, 1.807) is 6.07 Å². The maximum Gasteiger partial charge on any atom is 0.287 e. The molecule has 7 nitrogen and oxygen atoms in total. The highest BCUT2D eigenvalue weighted by Crippen LogP contribution is 2.24. The van der Waals surface area contributed by atoms with Gasteiger partial charge in [0.25, 0.3) is 11.6 Å². The summed E-state index contributed by atoms with van der Waals surface area (Å²) in [5.74, 6) is 0.411. The summed E-state index contributed by atoms with van der Waals surface area (Å²) in [6.07, 6.45) is 0. The van der Waals surface area contributed by atoms with Crippen LogP contribution < -0.4 is 10.2 Å². The van der Waals surface area contributed by atoms with Crippen molar-refractivity contribution in [1.29, 1.82) is 0 Å². The lowest BCUT2D eigenvalue weighted by Gasteiger charge is -2.12. The summed E-state index contributed by atoms with van der Waals surface area (Å²) in [6.45, 7) is 0.245. The smallest absolute Gasteiger partial charge is 0.287 e. The van der Waals surface area contributed by atoms with E-state index in [1.165, 1.54) is 18.2 Å². The second kappa shape index (κ2) is 7.06. The van der Waals surface area contributed by atoms with E-state index < -0.39 is 4.92 Å². The average molecular weight is 335 g/mol. The van der Waals surface area contributed by atoms with Gasteiger partial charge >= 0.3 is 0 Å². The van der Waals surface area contributed by atoms with Crippen LogP contribution in [0.3, 0.4) is 0 Å². The molecule has 0 aliphatic carbocycles. The number of nitro groups is 1. The van der Waals surface area contributed by atoms with Crippen LogP contribution in [0.5, 0.6) is 0 Å². The van der Waals surface area contributed by atoms with Crippen LogP contribution in [0.25, 0.3) is 0 Å². The zero-order chi connectivity index (χ0) is 17.0. The molecule has 8 heteroatoms. The van der Waals surface area contributed by atoms with Gasteiger partial charge in [0, 0.05) is 25.7 Å². The summed E-state index contributed by atoms with van der Waals surface area (Å²) < 4.78 is 0. The SMILES string of the molecule is CN(C)c1cccc(CNC(=O)c2ccc([N+](=O)[O-])c(Cl)c2)n1. The fraction of sp³-hybridized carbons (Fsp3) is 0.200. The molecule has 1 aromatic carbocycles. The Kier molecular flexibility index (Phi) is 5.13. The van der Waals surface area contributed by atoms with Crippen LogP contribution in [0, 0.1) is 10.1 Å². The van der Waals surface area contributed by atoms with Gasteiger partial charge in [-0.3, -0.25) is 14.9 Å². The largest absolute Gasteiger partial charge is 0.363 e. The first kappa shape index (κ1) is 16.7. The average Bonchev–Trinajstić information content (AvgIpc) is 2.52. The number of hydrogen-bond acceptors (Lipinski definition) is 5. The van der Waals surface area contributed by atoms with Gasteiger partial charge in [0.05, 0.1) is 17.2 Å². The van der Waals surface area contributed by atoms with Gasteiger partial charge in [0.15, 0.2) is 0 Å². The van der Waals surface area contributed by atoms with Crippen LogP contribution in [0.4, 0.5) is 11.5 Å². The molecule has 0 unspecified atom stereocenters. The molecule has 0 fully saturated rings. The maximum atomic E-state index is 12.1.